The van der Waals surface area contributed by atoms with Crippen molar-refractivity contribution in [3.8, 4) is 0 Å². The van der Waals surface area contributed by atoms with Gasteiger partial charge in [-0.15, -0.1) is 0 Å². The number of imidazole rings is 1. The van der Waals surface area contributed by atoms with E-state index in [-0.39, 0.29) is 17.4 Å². The maximum Gasteiger partial charge on any atom is 0.454 e. The highest BCUT2D eigenvalue weighted by Crippen LogP contribution is 2.49. The van der Waals surface area contributed by atoms with Crippen LogP contribution >= 0.6 is 0 Å². The van der Waals surface area contributed by atoms with Crippen molar-refractivity contribution < 1.29 is 17.9 Å². The van der Waals surface area contributed by atoms with Crippen LogP contribution in [0.3, 0.4) is 0 Å². The molecule has 0 fully saturated rings. The maximum absolute atomic E-state index is 14.8. The van der Waals surface area contributed by atoms with Crippen LogP contribution in [0.15, 0.2) is 89.9 Å². The fourth-order valence-corrected chi connectivity index (χ4v) is 3.60. The molecule has 0 saturated carbocycles. The molecule has 1 aromatic heterocycles. The fourth-order valence-electron chi connectivity index (χ4n) is 3.60. The van der Waals surface area contributed by atoms with Gasteiger partial charge in [-0.25, -0.2) is 4.98 Å². The van der Waals surface area contributed by atoms with Crippen LogP contribution in [0, 0.1) is 0 Å². The molecule has 0 saturated heterocycles. The smallest absolute Gasteiger partial charge is 0.436 e. The predicted octanol–water partition coefficient (Wildman–Crippen LogP) is 5.41. The summed E-state index contributed by atoms with van der Waals surface area (Å²) in [7, 11) is 0. The number of para-hydroxylation sites is 2. The maximum atomic E-state index is 14.8. The normalized spacial score (nSPS) is 18.8. The standard InChI is InChI=1S/C22H14F3N3O/c23-22(24,25)21(16-11-5-2-6-12-16)28-18-14-8-7-13-17(18)26-20(28)27-19(29-21)15-9-3-1-4-10-15/h1-14H/t21-/m1/s1. The zero-order chi connectivity index (χ0) is 20.1. The monoisotopic (exact) mass is 393 g/mol. The lowest BCUT2D eigenvalue weighted by Crippen LogP contribution is -2.53. The van der Waals surface area contributed by atoms with Crippen LogP contribution in [0.5, 0.6) is 0 Å². The van der Waals surface area contributed by atoms with Crippen LogP contribution in [-0.2, 0) is 10.5 Å². The van der Waals surface area contributed by atoms with E-state index < -0.39 is 11.9 Å². The number of hydrogen-bond acceptors (Lipinski definition) is 3. The number of halogens is 3. The zero-order valence-corrected chi connectivity index (χ0v) is 15.0. The third-order valence-electron chi connectivity index (χ3n) is 4.87. The molecule has 0 spiro atoms. The van der Waals surface area contributed by atoms with Gasteiger partial charge in [0.05, 0.1) is 11.0 Å². The number of aromatic nitrogens is 2. The highest BCUT2D eigenvalue weighted by molar-refractivity contribution is 5.97. The first-order chi connectivity index (χ1) is 14.0. The number of ether oxygens (including phenoxy) is 1. The van der Waals surface area contributed by atoms with Gasteiger partial charge < -0.3 is 4.74 Å². The molecule has 4 aromatic rings. The number of hydrogen-bond donors (Lipinski definition) is 0. The van der Waals surface area contributed by atoms with Gasteiger partial charge in [-0.1, -0.05) is 60.7 Å². The summed E-state index contributed by atoms with van der Waals surface area (Å²) in [5, 5.41) is 0. The van der Waals surface area contributed by atoms with Gasteiger partial charge in [0.2, 0.25) is 11.8 Å². The van der Waals surface area contributed by atoms with Crippen LogP contribution < -0.4 is 0 Å². The summed E-state index contributed by atoms with van der Waals surface area (Å²) in [6.45, 7) is 0. The first-order valence-corrected chi connectivity index (χ1v) is 8.94. The average molecular weight is 393 g/mol. The predicted molar refractivity (Wildman–Crippen MR) is 103 cm³/mol. The number of benzene rings is 3. The largest absolute Gasteiger partial charge is 0.454 e. The van der Waals surface area contributed by atoms with Crippen molar-refractivity contribution in [1.29, 1.82) is 0 Å². The van der Waals surface area contributed by atoms with Crippen molar-refractivity contribution in [3.63, 3.8) is 0 Å². The molecular weight excluding hydrogens is 379 g/mol. The quantitative estimate of drug-likeness (QED) is 0.457. The Morgan fingerprint density at radius 1 is 0.793 bits per heavy atom. The van der Waals surface area contributed by atoms with Crippen LogP contribution in [0.4, 0.5) is 19.1 Å². The van der Waals surface area contributed by atoms with E-state index in [4.69, 9.17) is 4.74 Å². The van der Waals surface area contributed by atoms with Gasteiger partial charge >= 0.3 is 11.9 Å². The molecule has 0 N–H and O–H groups in total. The Labute approximate surface area is 163 Å². The van der Waals surface area contributed by atoms with Gasteiger partial charge in [0.1, 0.15) is 0 Å². The van der Waals surface area contributed by atoms with Crippen LogP contribution in [0.1, 0.15) is 11.1 Å². The van der Waals surface area contributed by atoms with Crippen molar-refractivity contribution in [1.82, 2.24) is 9.55 Å². The van der Waals surface area contributed by atoms with E-state index in [2.05, 4.69) is 9.98 Å². The topological polar surface area (TPSA) is 39.4 Å². The number of fused-ring (bicyclic) bond motifs is 3. The van der Waals surface area contributed by atoms with Crippen molar-refractivity contribution in [3.05, 3.63) is 96.1 Å². The summed E-state index contributed by atoms with van der Waals surface area (Å²) in [6.07, 6.45) is -4.79. The molecule has 4 nitrogen and oxygen atoms in total. The lowest BCUT2D eigenvalue weighted by molar-refractivity contribution is -0.271. The van der Waals surface area contributed by atoms with Crippen molar-refractivity contribution in [2.45, 2.75) is 11.9 Å². The zero-order valence-electron chi connectivity index (χ0n) is 15.0. The summed E-state index contributed by atoms with van der Waals surface area (Å²) >= 11 is 0. The number of rotatable bonds is 2. The molecule has 2 heterocycles. The third-order valence-corrected chi connectivity index (χ3v) is 4.87. The fraction of sp³-hybridized carbons (Fsp3) is 0.0909. The second kappa shape index (κ2) is 6.20. The molecule has 144 valence electrons. The van der Waals surface area contributed by atoms with Crippen molar-refractivity contribution in [2.24, 2.45) is 4.99 Å². The Morgan fingerprint density at radius 2 is 1.41 bits per heavy atom. The number of aliphatic imine (C=N–C) groups is 1. The Bertz CT molecular complexity index is 1220. The molecule has 0 radical (unpaired) electrons. The molecule has 7 heteroatoms. The van der Waals surface area contributed by atoms with E-state index in [0.717, 1.165) is 4.57 Å². The molecule has 1 aliphatic heterocycles. The molecule has 0 aliphatic carbocycles. The number of nitrogens with zero attached hydrogens (tertiary/aromatic N) is 3. The Morgan fingerprint density at radius 3 is 2.10 bits per heavy atom. The van der Waals surface area contributed by atoms with E-state index >= 15 is 0 Å². The summed E-state index contributed by atoms with van der Waals surface area (Å²) in [5.74, 6) is -0.188. The van der Waals surface area contributed by atoms with Crippen molar-refractivity contribution >= 4 is 22.9 Å². The molecule has 29 heavy (non-hydrogen) atoms. The van der Waals surface area contributed by atoms with E-state index in [1.54, 1.807) is 72.8 Å². The lowest BCUT2D eigenvalue weighted by atomic mass is 10.00. The summed E-state index contributed by atoms with van der Waals surface area (Å²) in [4.78, 5) is 8.69. The van der Waals surface area contributed by atoms with Crippen LogP contribution in [0.2, 0.25) is 0 Å². The third kappa shape index (κ3) is 2.54. The minimum atomic E-state index is -4.79. The summed E-state index contributed by atoms with van der Waals surface area (Å²) < 4.78 is 51.3. The van der Waals surface area contributed by atoms with E-state index in [9.17, 15) is 13.2 Å². The Balaban J connectivity index is 1.89. The highest BCUT2D eigenvalue weighted by Gasteiger charge is 2.63. The minimum Gasteiger partial charge on any atom is -0.436 e. The first kappa shape index (κ1) is 17.5. The van der Waals surface area contributed by atoms with Crippen LogP contribution in [0.25, 0.3) is 11.0 Å². The number of alkyl halides is 3. The molecular formula is C22H14F3N3O. The molecule has 1 aliphatic rings. The van der Waals surface area contributed by atoms with Crippen LogP contribution in [-0.4, -0.2) is 21.6 Å². The van der Waals surface area contributed by atoms with E-state index in [1.807, 2.05) is 0 Å². The first-order valence-electron chi connectivity index (χ1n) is 8.94. The van der Waals surface area contributed by atoms with E-state index in [1.165, 1.54) is 12.1 Å². The summed E-state index contributed by atoms with van der Waals surface area (Å²) in [5.41, 5.74) is -1.71. The second-order valence-electron chi connectivity index (χ2n) is 6.63. The van der Waals surface area contributed by atoms with Gasteiger partial charge in [0.15, 0.2) is 0 Å². The molecule has 1 atom stereocenters. The second-order valence-corrected chi connectivity index (χ2v) is 6.63. The lowest BCUT2D eigenvalue weighted by Gasteiger charge is -2.40. The minimum absolute atomic E-state index is 0.0553. The highest BCUT2D eigenvalue weighted by atomic mass is 19.4. The average Bonchev–Trinajstić information content (AvgIpc) is 3.12. The molecule has 3 aromatic carbocycles. The van der Waals surface area contributed by atoms with Gasteiger partial charge in [-0.2, -0.15) is 18.2 Å². The van der Waals surface area contributed by atoms with Crippen molar-refractivity contribution in [2.75, 3.05) is 0 Å². The Hall–Kier alpha value is -3.61. The molecule has 0 unspecified atom stereocenters. The molecule has 0 bridgehead atoms. The molecule has 0 amide bonds. The van der Waals surface area contributed by atoms with Gasteiger partial charge in [-0.3, -0.25) is 4.57 Å². The van der Waals surface area contributed by atoms with E-state index in [0.29, 0.717) is 16.6 Å². The van der Waals surface area contributed by atoms with Gasteiger partial charge in [0, 0.05) is 11.1 Å². The Kier molecular flexibility index (Phi) is 3.74. The summed E-state index contributed by atoms with van der Waals surface area (Å²) in [6, 6.07) is 22.7. The molecule has 5 rings (SSSR count). The van der Waals surface area contributed by atoms with Gasteiger partial charge in [-0.05, 0) is 24.3 Å². The SMILES string of the molecule is FC(F)(F)[C@@]1(c2ccccc2)OC(c2ccccc2)=Nc2nc3ccccc3n21. The van der Waals surface area contributed by atoms with Gasteiger partial charge in [0.25, 0.3) is 0 Å².